The summed E-state index contributed by atoms with van der Waals surface area (Å²) in [7, 11) is 0. The van der Waals surface area contributed by atoms with Crippen molar-refractivity contribution in [2.24, 2.45) is 0 Å². The molecule has 1 saturated heterocycles. The smallest absolute Gasteiger partial charge is 0.274 e. The molecule has 17 heavy (non-hydrogen) atoms. The number of anilines is 1. The van der Waals surface area contributed by atoms with Crippen molar-refractivity contribution in [1.29, 1.82) is 0 Å². The van der Waals surface area contributed by atoms with Gasteiger partial charge in [-0.15, -0.1) is 10.2 Å². The Morgan fingerprint density at radius 3 is 2.94 bits per heavy atom. The van der Waals surface area contributed by atoms with Crippen molar-refractivity contribution in [3.05, 3.63) is 17.8 Å². The molecule has 0 saturated carbocycles. The normalized spacial score (nSPS) is 20.3. The van der Waals surface area contributed by atoms with Gasteiger partial charge in [0.15, 0.2) is 5.69 Å². The standard InChI is InChI=1S/C12H18N4O/c1-2-9-5-3-4-8-16(9)12(17)10-6-7-11(13)15-14-10/h6-7,9H,2-5,8H2,1H3,(H2,13,15). The third kappa shape index (κ3) is 2.54. The average Bonchev–Trinajstić information content (AvgIpc) is 2.39. The van der Waals surface area contributed by atoms with Gasteiger partial charge in [0.1, 0.15) is 5.82 Å². The van der Waals surface area contributed by atoms with Gasteiger partial charge in [-0.25, -0.2) is 0 Å². The number of amides is 1. The highest BCUT2D eigenvalue weighted by Crippen LogP contribution is 2.21. The van der Waals surface area contributed by atoms with Crippen LogP contribution in [0.4, 0.5) is 5.82 Å². The lowest BCUT2D eigenvalue weighted by atomic mass is 9.99. The molecule has 0 spiro atoms. The number of piperidine rings is 1. The Labute approximate surface area is 101 Å². The fourth-order valence-corrected chi connectivity index (χ4v) is 2.30. The van der Waals surface area contributed by atoms with Crippen LogP contribution in [0.2, 0.25) is 0 Å². The van der Waals surface area contributed by atoms with E-state index in [1.165, 1.54) is 6.42 Å². The van der Waals surface area contributed by atoms with E-state index in [1.807, 2.05) is 4.90 Å². The predicted octanol–water partition coefficient (Wildman–Crippen LogP) is 1.46. The van der Waals surface area contributed by atoms with Gasteiger partial charge in [0.05, 0.1) is 0 Å². The van der Waals surface area contributed by atoms with Crippen LogP contribution in [-0.2, 0) is 0 Å². The van der Waals surface area contributed by atoms with E-state index in [4.69, 9.17) is 5.73 Å². The summed E-state index contributed by atoms with van der Waals surface area (Å²) >= 11 is 0. The molecule has 1 aromatic heterocycles. The molecular formula is C12H18N4O. The molecule has 0 aliphatic carbocycles. The van der Waals surface area contributed by atoms with Gasteiger partial charge in [0.2, 0.25) is 0 Å². The summed E-state index contributed by atoms with van der Waals surface area (Å²) in [4.78, 5) is 14.2. The molecule has 92 valence electrons. The third-order valence-corrected chi connectivity index (χ3v) is 3.26. The summed E-state index contributed by atoms with van der Waals surface area (Å²) in [5.41, 5.74) is 5.85. The van der Waals surface area contributed by atoms with Crippen molar-refractivity contribution in [3.8, 4) is 0 Å². The summed E-state index contributed by atoms with van der Waals surface area (Å²) in [5.74, 6) is 0.316. The Kier molecular flexibility index (Phi) is 3.56. The number of hydrogen-bond acceptors (Lipinski definition) is 4. The molecule has 1 atom stereocenters. The second-order valence-electron chi connectivity index (χ2n) is 4.40. The summed E-state index contributed by atoms with van der Waals surface area (Å²) in [6.45, 7) is 2.94. The minimum absolute atomic E-state index is 0.0240. The van der Waals surface area contributed by atoms with Crippen LogP contribution in [0.1, 0.15) is 43.1 Å². The lowest BCUT2D eigenvalue weighted by Gasteiger charge is -2.34. The number of nitrogens with two attached hydrogens (primary N) is 1. The van der Waals surface area contributed by atoms with E-state index in [1.54, 1.807) is 12.1 Å². The molecule has 0 aromatic carbocycles. The Morgan fingerprint density at radius 1 is 1.47 bits per heavy atom. The summed E-state index contributed by atoms with van der Waals surface area (Å²) in [6, 6.07) is 3.60. The third-order valence-electron chi connectivity index (χ3n) is 3.26. The quantitative estimate of drug-likeness (QED) is 0.841. The number of aromatic nitrogens is 2. The Bertz CT molecular complexity index is 390. The fraction of sp³-hybridized carbons (Fsp3) is 0.583. The molecular weight excluding hydrogens is 216 g/mol. The topological polar surface area (TPSA) is 72.1 Å². The van der Waals surface area contributed by atoms with E-state index in [-0.39, 0.29) is 5.91 Å². The van der Waals surface area contributed by atoms with E-state index in [9.17, 15) is 4.79 Å². The van der Waals surface area contributed by atoms with Crippen LogP contribution in [0.3, 0.4) is 0 Å². The van der Waals surface area contributed by atoms with Gasteiger partial charge in [-0.3, -0.25) is 4.79 Å². The largest absolute Gasteiger partial charge is 0.382 e. The van der Waals surface area contributed by atoms with Crippen molar-refractivity contribution >= 4 is 11.7 Å². The number of nitrogen functional groups attached to an aromatic ring is 1. The maximum atomic E-state index is 12.3. The van der Waals surface area contributed by atoms with Gasteiger partial charge in [0.25, 0.3) is 5.91 Å². The van der Waals surface area contributed by atoms with Gasteiger partial charge in [-0.05, 0) is 37.8 Å². The monoisotopic (exact) mass is 234 g/mol. The number of rotatable bonds is 2. The van der Waals surface area contributed by atoms with Crippen molar-refractivity contribution in [2.45, 2.75) is 38.6 Å². The van der Waals surface area contributed by atoms with Crippen molar-refractivity contribution in [3.63, 3.8) is 0 Å². The molecule has 5 nitrogen and oxygen atoms in total. The van der Waals surface area contributed by atoms with E-state index in [0.29, 0.717) is 17.6 Å². The molecule has 2 heterocycles. The van der Waals surface area contributed by atoms with Crippen LogP contribution < -0.4 is 5.73 Å². The zero-order valence-electron chi connectivity index (χ0n) is 10.1. The molecule has 1 fully saturated rings. The van der Waals surface area contributed by atoms with Gasteiger partial charge >= 0.3 is 0 Å². The first kappa shape index (κ1) is 11.8. The Morgan fingerprint density at radius 2 is 2.29 bits per heavy atom. The number of likely N-dealkylation sites (tertiary alicyclic amines) is 1. The van der Waals surface area contributed by atoms with Crippen LogP contribution in [0.5, 0.6) is 0 Å². The molecule has 1 amide bonds. The first-order valence-corrected chi connectivity index (χ1v) is 6.12. The zero-order chi connectivity index (χ0) is 12.3. The molecule has 1 unspecified atom stereocenters. The summed E-state index contributed by atoms with van der Waals surface area (Å²) < 4.78 is 0. The molecule has 2 rings (SSSR count). The van der Waals surface area contributed by atoms with E-state index < -0.39 is 0 Å². The lowest BCUT2D eigenvalue weighted by Crippen LogP contribution is -2.43. The van der Waals surface area contributed by atoms with Gasteiger partial charge in [-0.1, -0.05) is 6.92 Å². The number of carbonyl (C=O) groups is 1. The zero-order valence-corrected chi connectivity index (χ0v) is 10.1. The fourth-order valence-electron chi connectivity index (χ4n) is 2.30. The second-order valence-corrected chi connectivity index (χ2v) is 4.40. The highest BCUT2D eigenvalue weighted by molar-refractivity contribution is 5.92. The Hall–Kier alpha value is -1.65. The summed E-state index contributed by atoms with van der Waals surface area (Å²) in [6.07, 6.45) is 4.36. The molecule has 2 N–H and O–H groups in total. The minimum Gasteiger partial charge on any atom is -0.382 e. The molecule has 0 radical (unpaired) electrons. The first-order valence-electron chi connectivity index (χ1n) is 6.12. The van der Waals surface area contributed by atoms with E-state index in [2.05, 4.69) is 17.1 Å². The van der Waals surface area contributed by atoms with E-state index in [0.717, 1.165) is 25.8 Å². The molecule has 1 aliphatic heterocycles. The second kappa shape index (κ2) is 5.12. The van der Waals surface area contributed by atoms with Gasteiger partial charge < -0.3 is 10.6 Å². The van der Waals surface area contributed by atoms with Gasteiger partial charge in [0, 0.05) is 12.6 Å². The number of nitrogens with zero attached hydrogens (tertiary/aromatic N) is 3. The van der Waals surface area contributed by atoms with Crippen LogP contribution in [0.25, 0.3) is 0 Å². The molecule has 1 aromatic rings. The number of hydrogen-bond donors (Lipinski definition) is 1. The summed E-state index contributed by atoms with van der Waals surface area (Å²) in [5, 5.41) is 7.58. The SMILES string of the molecule is CCC1CCCCN1C(=O)c1ccc(N)nn1. The highest BCUT2D eigenvalue weighted by Gasteiger charge is 2.26. The lowest BCUT2D eigenvalue weighted by molar-refractivity contribution is 0.0601. The van der Waals surface area contributed by atoms with Crippen molar-refractivity contribution < 1.29 is 4.79 Å². The highest BCUT2D eigenvalue weighted by atomic mass is 16.2. The maximum Gasteiger partial charge on any atom is 0.274 e. The molecule has 5 heteroatoms. The molecule has 1 aliphatic rings. The van der Waals surface area contributed by atoms with Crippen LogP contribution in [0, 0.1) is 0 Å². The van der Waals surface area contributed by atoms with Crippen LogP contribution in [-0.4, -0.2) is 33.6 Å². The Balaban J connectivity index is 2.15. The minimum atomic E-state index is -0.0240. The maximum absolute atomic E-state index is 12.3. The number of carbonyl (C=O) groups excluding carboxylic acids is 1. The van der Waals surface area contributed by atoms with Crippen LogP contribution in [0.15, 0.2) is 12.1 Å². The predicted molar refractivity (Wildman–Crippen MR) is 65.4 cm³/mol. The first-order chi connectivity index (χ1) is 8.22. The van der Waals surface area contributed by atoms with Crippen LogP contribution >= 0.6 is 0 Å². The van der Waals surface area contributed by atoms with Gasteiger partial charge in [-0.2, -0.15) is 0 Å². The average molecular weight is 234 g/mol. The van der Waals surface area contributed by atoms with Crippen molar-refractivity contribution in [2.75, 3.05) is 12.3 Å². The van der Waals surface area contributed by atoms with E-state index >= 15 is 0 Å². The molecule has 0 bridgehead atoms. The van der Waals surface area contributed by atoms with Crippen molar-refractivity contribution in [1.82, 2.24) is 15.1 Å².